The minimum Gasteiger partial charge on any atom is -0.366 e. The molecule has 0 atom stereocenters. The summed E-state index contributed by atoms with van der Waals surface area (Å²) in [4.78, 5) is 9.20. The molecule has 2 fully saturated rings. The molecule has 1 aliphatic heterocycles. The van der Waals surface area contributed by atoms with Crippen LogP contribution in [0.2, 0.25) is 0 Å². The Morgan fingerprint density at radius 3 is 2.54 bits per heavy atom. The van der Waals surface area contributed by atoms with Crippen LogP contribution in [0, 0.1) is 11.7 Å². The Bertz CT molecular complexity index is 540. The molecule has 6 heteroatoms. The summed E-state index contributed by atoms with van der Waals surface area (Å²) in [6.07, 6.45) is 3.98. The minimum atomic E-state index is -0.133. The van der Waals surface area contributed by atoms with Crippen molar-refractivity contribution in [2.24, 2.45) is 10.9 Å². The average molecular weight is 446 g/mol. The number of guanidine groups is 1. The third-order valence-electron chi connectivity index (χ3n) is 4.60. The molecule has 1 heterocycles. The quantitative estimate of drug-likeness (QED) is 0.428. The van der Waals surface area contributed by atoms with E-state index in [0.717, 1.165) is 51.1 Å². The molecular weight excluding hydrogens is 418 g/mol. The van der Waals surface area contributed by atoms with Crippen LogP contribution in [-0.4, -0.2) is 50.1 Å². The van der Waals surface area contributed by atoms with Gasteiger partial charge in [-0.05, 0) is 31.4 Å². The summed E-state index contributed by atoms with van der Waals surface area (Å²) in [7, 11) is 0. The molecule has 0 amide bonds. The highest BCUT2D eigenvalue weighted by Gasteiger charge is 2.23. The molecule has 24 heavy (non-hydrogen) atoms. The minimum absolute atomic E-state index is 0. The van der Waals surface area contributed by atoms with E-state index >= 15 is 0 Å². The van der Waals surface area contributed by atoms with Crippen molar-refractivity contribution in [1.82, 2.24) is 10.2 Å². The van der Waals surface area contributed by atoms with Gasteiger partial charge in [0.05, 0.1) is 5.69 Å². The molecule has 0 bridgehead atoms. The van der Waals surface area contributed by atoms with Crippen molar-refractivity contribution in [2.45, 2.75) is 26.2 Å². The largest absolute Gasteiger partial charge is 0.366 e. The van der Waals surface area contributed by atoms with Crippen molar-refractivity contribution < 1.29 is 4.39 Å². The summed E-state index contributed by atoms with van der Waals surface area (Å²) in [6, 6.07) is 7.03. The zero-order valence-electron chi connectivity index (χ0n) is 14.4. The molecule has 4 nitrogen and oxygen atoms in total. The number of piperazine rings is 1. The first-order chi connectivity index (χ1) is 11.3. The van der Waals surface area contributed by atoms with Gasteiger partial charge in [-0.1, -0.05) is 25.0 Å². The van der Waals surface area contributed by atoms with E-state index in [9.17, 15) is 4.39 Å². The van der Waals surface area contributed by atoms with E-state index in [1.165, 1.54) is 25.3 Å². The number of halogens is 2. The number of hydrogen-bond acceptors (Lipinski definition) is 2. The van der Waals surface area contributed by atoms with E-state index < -0.39 is 0 Å². The molecule has 1 saturated carbocycles. The van der Waals surface area contributed by atoms with Crippen LogP contribution in [0.3, 0.4) is 0 Å². The van der Waals surface area contributed by atoms with E-state index in [1.54, 1.807) is 6.07 Å². The molecule has 0 radical (unpaired) electrons. The second-order valence-corrected chi connectivity index (χ2v) is 6.39. The first kappa shape index (κ1) is 19.3. The predicted octanol–water partition coefficient (Wildman–Crippen LogP) is 3.33. The lowest BCUT2D eigenvalue weighted by Gasteiger charge is -2.37. The van der Waals surface area contributed by atoms with E-state index in [2.05, 4.69) is 22.0 Å². The first-order valence-corrected chi connectivity index (χ1v) is 8.80. The van der Waals surface area contributed by atoms with Gasteiger partial charge in [0.2, 0.25) is 0 Å². The van der Waals surface area contributed by atoms with Gasteiger partial charge in [0.15, 0.2) is 5.96 Å². The lowest BCUT2D eigenvalue weighted by atomic mass is 10.2. The van der Waals surface area contributed by atoms with Crippen molar-refractivity contribution in [3.05, 3.63) is 30.1 Å². The Labute approximate surface area is 161 Å². The smallest absolute Gasteiger partial charge is 0.194 e. The van der Waals surface area contributed by atoms with Gasteiger partial charge in [0, 0.05) is 39.3 Å². The average Bonchev–Trinajstić information content (AvgIpc) is 3.39. The van der Waals surface area contributed by atoms with E-state index in [1.807, 2.05) is 12.1 Å². The molecule has 0 spiro atoms. The van der Waals surface area contributed by atoms with Crippen LogP contribution in [0.1, 0.15) is 26.2 Å². The van der Waals surface area contributed by atoms with Gasteiger partial charge in [-0.15, -0.1) is 24.0 Å². The fourth-order valence-electron chi connectivity index (χ4n) is 3.05. The molecule has 1 N–H and O–H groups in total. The van der Waals surface area contributed by atoms with Crippen molar-refractivity contribution in [3.8, 4) is 0 Å². The maximum Gasteiger partial charge on any atom is 0.194 e. The number of nitrogens with one attached hydrogen (secondary N) is 1. The topological polar surface area (TPSA) is 30.9 Å². The molecule has 1 aromatic rings. The van der Waals surface area contributed by atoms with Crippen molar-refractivity contribution in [3.63, 3.8) is 0 Å². The zero-order chi connectivity index (χ0) is 16.1. The normalized spacial score (nSPS) is 18.3. The van der Waals surface area contributed by atoms with E-state index in [4.69, 9.17) is 4.99 Å². The molecule has 0 aromatic heterocycles. The Balaban J connectivity index is 0.00000208. The summed E-state index contributed by atoms with van der Waals surface area (Å²) in [5.41, 5.74) is 0.711. The van der Waals surface area contributed by atoms with Crippen molar-refractivity contribution in [2.75, 3.05) is 44.2 Å². The van der Waals surface area contributed by atoms with Gasteiger partial charge in [-0.25, -0.2) is 4.39 Å². The van der Waals surface area contributed by atoms with Gasteiger partial charge < -0.3 is 15.1 Å². The van der Waals surface area contributed by atoms with Crippen molar-refractivity contribution >= 4 is 35.6 Å². The summed E-state index contributed by atoms with van der Waals surface area (Å²) < 4.78 is 13.9. The van der Waals surface area contributed by atoms with Crippen LogP contribution in [-0.2, 0) is 0 Å². The van der Waals surface area contributed by atoms with Crippen LogP contribution in [0.5, 0.6) is 0 Å². The summed E-state index contributed by atoms with van der Waals surface area (Å²) in [6.45, 7) is 7.32. The molecule has 2 aliphatic rings. The second-order valence-electron chi connectivity index (χ2n) is 6.39. The number of rotatable bonds is 5. The molecular formula is C18H28FIN4. The molecule has 3 rings (SSSR count). The van der Waals surface area contributed by atoms with Gasteiger partial charge in [0.25, 0.3) is 0 Å². The highest BCUT2D eigenvalue weighted by molar-refractivity contribution is 14.0. The number of para-hydroxylation sites is 1. The van der Waals surface area contributed by atoms with Gasteiger partial charge in [0.1, 0.15) is 5.82 Å². The Hall–Kier alpha value is -1.05. The fourth-order valence-corrected chi connectivity index (χ4v) is 3.05. The second kappa shape index (κ2) is 9.44. The molecule has 1 aliphatic carbocycles. The number of nitrogens with zero attached hydrogens (tertiary/aromatic N) is 3. The molecule has 1 aromatic carbocycles. The third-order valence-corrected chi connectivity index (χ3v) is 4.60. The van der Waals surface area contributed by atoms with Crippen LogP contribution < -0.4 is 10.2 Å². The van der Waals surface area contributed by atoms with Crippen LogP contribution >= 0.6 is 24.0 Å². The third kappa shape index (κ3) is 5.22. The lowest BCUT2D eigenvalue weighted by Crippen LogP contribution is -2.52. The summed E-state index contributed by atoms with van der Waals surface area (Å²) >= 11 is 0. The molecule has 0 unspecified atom stereocenters. The number of hydrogen-bond donors (Lipinski definition) is 1. The maximum atomic E-state index is 13.9. The highest BCUT2D eigenvalue weighted by atomic mass is 127. The number of aliphatic imine (C=N–C) groups is 1. The van der Waals surface area contributed by atoms with Crippen LogP contribution in [0.4, 0.5) is 10.1 Å². The lowest BCUT2D eigenvalue weighted by molar-refractivity contribution is 0.370. The van der Waals surface area contributed by atoms with Crippen molar-refractivity contribution in [1.29, 1.82) is 0 Å². The van der Waals surface area contributed by atoms with Crippen LogP contribution in [0.25, 0.3) is 0 Å². The summed E-state index contributed by atoms with van der Waals surface area (Å²) in [5, 5.41) is 3.40. The standard InChI is InChI=1S/C18H27FN4.HI/c1-2-20-18(21-10-9-15-7-8-15)23-13-11-22(12-14-23)17-6-4-3-5-16(17)19;/h3-6,15H,2,7-14H2,1H3,(H,20,21);1H. The molecule has 1 saturated heterocycles. The van der Waals surface area contributed by atoms with E-state index in [0.29, 0.717) is 5.69 Å². The zero-order valence-corrected chi connectivity index (χ0v) is 16.7. The Morgan fingerprint density at radius 1 is 1.21 bits per heavy atom. The van der Waals surface area contributed by atoms with Gasteiger partial charge >= 0.3 is 0 Å². The van der Waals surface area contributed by atoms with E-state index in [-0.39, 0.29) is 29.8 Å². The van der Waals surface area contributed by atoms with Gasteiger partial charge in [-0.2, -0.15) is 0 Å². The maximum absolute atomic E-state index is 13.9. The van der Waals surface area contributed by atoms with Crippen LogP contribution in [0.15, 0.2) is 29.3 Å². The highest BCUT2D eigenvalue weighted by Crippen LogP contribution is 2.32. The Morgan fingerprint density at radius 2 is 1.92 bits per heavy atom. The number of benzene rings is 1. The fraction of sp³-hybridized carbons (Fsp3) is 0.611. The van der Waals surface area contributed by atoms with Gasteiger partial charge in [-0.3, -0.25) is 4.99 Å². The number of anilines is 1. The monoisotopic (exact) mass is 446 g/mol. The Kier molecular flexibility index (Phi) is 7.58. The SMILES string of the molecule is CCNC(=NCCC1CC1)N1CCN(c2ccccc2F)CC1.I. The first-order valence-electron chi connectivity index (χ1n) is 8.80. The summed E-state index contributed by atoms with van der Waals surface area (Å²) in [5.74, 6) is 1.80. The molecule has 134 valence electrons. The predicted molar refractivity (Wildman–Crippen MR) is 109 cm³/mol.